The average molecular weight is 299 g/mol. The Morgan fingerprint density at radius 3 is 2.55 bits per heavy atom. The average Bonchev–Trinajstić information content (AvgIpc) is 2.90. The largest absolute Gasteiger partial charge is 0.333 e. The molecule has 0 aliphatic carbocycles. The van der Waals surface area contributed by atoms with E-state index >= 15 is 0 Å². The molecule has 0 radical (unpaired) electrons. The summed E-state index contributed by atoms with van der Waals surface area (Å²) in [6, 6.07) is 6.91. The highest BCUT2D eigenvalue weighted by Crippen LogP contribution is 2.26. The maximum Gasteiger partial charge on any atom is 0.254 e. The maximum absolute atomic E-state index is 12.9. The van der Waals surface area contributed by atoms with Crippen LogP contribution in [0.5, 0.6) is 0 Å². The Morgan fingerprint density at radius 2 is 1.91 bits per heavy atom. The smallest absolute Gasteiger partial charge is 0.254 e. The normalized spacial score (nSPS) is 22.5. The van der Waals surface area contributed by atoms with Crippen molar-refractivity contribution in [2.45, 2.75) is 65.1 Å². The Labute approximate surface area is 132 Å². The molecule has 0 saturated carbocycles. The van der Waals surface area contributed by atoms with E-state index in [-0.39, 0.29) is 5.91 Å². The van der Waals surface area contributed by atoms with Crippen molar-refractivity contribution in [3.05, 3.63) is 30.1 Å². The molecule has 118 valence electrons. The van der Waals surface area contributed by atoms with Crippen LogP contribution in [0.15, 0.2) is 24.5 Å². The minimum atomic E-state index is 0.140. The number of fused-ring (bicyclic) bond motifs is 1. The Balaban J connectivity index is 1.94. The summed E-state index contributed by atoms with van der Waals surface area (Å²) in [5, 5.41) is 0. The van der Waals surface area contributed by atoms with Gasteiger partial charge in [0.2, 0.25) is 0 Å². The molecule has 0 bridgehead atoms. The molecule has 0 spiro atoms. The van der Waals surface area contributed by atoms with E-state index in [4.69, 9.17) is 0 Å². The number of carbonyl (C=O) groups excluding carboxylic acids is 1. The number of benzene rings is 1. The van der Waals surface area contributed by atoms with Gasteiger partial charge in [0.25, 0.3) is 5.91 Å². The second-order valence-electron chi connectivity index (χ2n) is 6.79. The topological polar surface area (TPSA) is 38.1 Å². The fourth-order valence-corrected chi connectivity index (χ4v) is 3.55. The van der Waals surface area contributed by atoms with E-state index < -0.39 is 0 Å². The Bertz CT molecular complexity index is 679. The Morgan fingerprint density at radius 1 is 1.23 bits per heavy atom. The highest BCUT2D eigenvalue weighted by atomic mass is 16.2. The predicted octanol–water partition coefficient (Wildman–Crippen LogP) is 4.02. The molecule has 4 heteroatoms. The van der Waals surface area contributed by atoms with Crippen LogP contribution in [0.2, 0.25) is 0 Å². The van der Waals surface area contributed by atoms with Crippen LogP contribution in [0.25, 0.3) is 11.0 Å². The fraction of sp³-hybridized carbons (Fsp3) is 0.556. The molecule has 2 atom stereocenters. The summed E-state index contributed by atoms with van der Waals surface area (Å²) in [5.74, 6) is 0.140. The van der Waals surface area contributed by atoms with Gasteiger partial charge in [-0.25, -0.2) is 4.98 Å². The summed E-state index contributed by atoms with van der Waals surface area (Å²) in [6.07, 6.45) is 5.26. The SMILES string of the molecule is CC1CCCC(C)N1C(=O)c1ccc2c(c1)ncn2C(C)C. The number of rotatable bonds is 2. The zero-order valence-electron chi connectivity index (χ0n) is 13.9. The maximum atomic E-state index is 12.9. The van der Waals surface area contributed by atoms with Crippen molar-refractivity contribution in [1.82, 2.24) is 14.5 Å². The summed E-state index contributed by atoms with van der Waals surface area (Å²) >= 11 is 0. The Kier molecular flexibility index (Phi) is 3.94. The lowest BCUT2D eigenvalue weighted by molar-refractivity contribution is 0.0511. The van der Waals surface area contributed by atoms with E-state index in [1.807, 2.05) is 29.4 Å². The molecule has 1 aromatic heterocycles. The minimum Gasteiger partial charge on any atom is -0.333 e. The van der Waals surface area contributed by atoms with E-state index in [2.05, 4.69) is 37.2 Å². The standard InChI is InChI=1S/C18H25N3O/c1-12(2)20-11-19-16-10-15(8-9-17(16)20)18(22)21-13(3)6-5-7-14(21)4/h8-14H,5-7H2,1-4H3. The molecule has 1 saturated heterocycles. The summed E-state index contributed by atoms with van der Waals surface area (Å²) < 4.78 is 2.13. The van der Waals surface area contributed by atoms with Crippen LogP contribution in [0, 0.1) is 0 Å². The summed E-state index contributed by atoms with van der Waals surface area (Å²) in [5.41, 5.74) is 2.74. The lowest BCUT2D eigenvalue weighted by Crippen LogP contribution is -2.47. The molecule has 1 aromatic carbocycles. The van der Waals surface area contributed by atoms with Crippen LogP contribution in [-0.4, -0.2) is 32.4 Å². The molecule has 2 aromatic rings. The van der Waals surface area contributed by atoms with Crippen molar-refractivity contribution in [2.24, 2.45) is 0 Å². The van der Waals surface area contributed by atoms with Crippen LogP contribution in [0.1, 0.15) is 63.4 Å². The number of likely N-dealkylation sites (tertiary alicyclic amines) is 1. The lowest BCUT2D eigenvalue weighted by atomic mass is 9.96. The van der Waals surface area contributed by atoms with Gasteiger partial charge in [-0.05, 0) is 65.2 Å². The Hall–Kier alpha value is -1.84. The van der Waals surface area contributed by atoms with E-state index in [1.165, 1.54) is 6.42 Å². The molecule has 1 aliphatic rings. The number of aromatic nitrogens is 2. The molecular weight excluding hydrogens is 274 g/mol. The van der Waals surface area contributed by atoms with Crippen molar-refractivity contribution in [3.8, 4) is 0 Å². The zero-order chi connectivity index (χ0) is 15.9. The van der Waals surface area contributed by atoms with Crippen molar-refractivity contribution in [3.63, 3.8) is 0 Å². The second-order valence-corrected chi connectivity index (χ2v) is 6.79. The van der Waals surface area contributed by atoms with E-state index in [0.29, 0.717) is 18.1 Å². The third-order valence-electron chi connectivity index (χ3n) is 4.81. The molecule has 1 fully saturated rings. The van der Waals surface area contributed by atoms with Crippen molar-refractivity contribution in [1.29, 1.82) is 0 Å². The molecule has 2 unspecified atom stereocenters. The van der Waals surface area contributed by atoms with Crippen molar-refractivity contribution < 1.29 is 4.79 Å². The molecule has 1 amide bonds. The van der Waals surface area contributed by atoms with Gasteiger partial charge >= 0.3 is 0 Å². The van der Waals surface area contributed by atoms with Crippen LogP contribution >= 0.6 is 0 Å². The number of carbonyl (C=O) groups is 1. The first-order chi connectivity index (χ1) is 10.5. The minimum absolute atomic E-state index is 0.140. The van der Waals surface area contributed by atoms with Crippen molar-refractivity contribution >= 4 is 16.9 Å². The number of imidazole rings is 1. The number of hydrogen-bond acceptors (Lipinski definition) is 2. The quantitative estimate of drug-likeness (QED) is 0.840. The fourth-order valence-electron chi connectivity index (χ4n) is 3.55. The van der Waals surface area contributed by atoms with Crippen molar-refractivity contribution in [2.75, 3.05) is 0 Å². The lowest BCUT2D eigenvalue weighted by Gasteiger charge is -2.39. The zero-order valence-corrected chi connectivity index (χ0v) is 13.9. The first-order valence-corrected chi connectivity index (χ1v) is 8.28. The van der Waals surface area contributed by atoms with Gasteiger partial charge in [-0.1, -0.05) is 0 Å². The van der Waals surface area contributed by atoms with Gasteiger partial charge < -0.3 is 9.47 Å². The van der Waals surface area contributed by atoms with E-state index in [9.17, 15) is 4.79 Å². The summed E-state index contributed by atoms with van der Waals surface area (Å²) in [6.45, 7) is 8.58. The molecule has 1 aliphatic heterocycles. The molecule has 3 rings (SSSR count). The highest BCUT2D eigenvalue weighted by molar-refractivity contribution is 5.97. The van der Waals surface area contributed by atoms with Gasteiger partial charge in [0.1, 0.15) is 0 Å². The van der Waals surface area contributed by atoms with Gasteiger partial charge in [0, 0.05) is 23.7 Å². The molecular formula is C18H25N3O. The van der Waals surface area contributed by atoms with E-state index in [1.54, 1.807) is 0 Å². The molecule has 2 heterocycles. The van der Waals surface area contributed by atoms with Gasteiger partial charge in [-0.2, -0.15) is 0 Å². The van der Waals surface area contributed by atoms with Crippen LogP contribution < -0.4 is 0 Å². The number of hydrogen-bond donors (Lipinski definition) is 0. The monoisotopic (exact) mass is 299 g/mol. The van der Waals surface area contributed by atoms with Gasteiger partial charge in [-0.15, -0.1) is 0 Å². The third kappa shape index (κ3) is 2.51. The van der Waals surface area contributed by atoms with E-state index in [0.717, 1.165) is 29.4 Å². The molecule has 0 N–H and O–H groups in total. The summed E-state index contributed by atoms with van der Waals surface area (Å²) in [4.78, 5) is 19.4. The number of amides is 1. The van der Waals surface area contributed by atoms with Crippen LogP contribution in [0.3, 0.4) is 0 Å². The summed E-state index contributed by atoms with van der Waals surface area (Å²) in [7, 11) is 0. The van der Waals surface area contributed by atoms with Crippen LogP contribution in [-0.2, 0) is 0 Å². The van der Waals surface area contributed by atoms with Gasteiger partial charge in [0.15, 0.2) is 0 Å². The predicted molar refractivity (Wildman–Crippen MR) is 89.1 cm³/mol. The molecule has 22 heavy (non-hydrogen) atoms. The number of nitrogens with zero attached hydrogens (tertiary/aromatic N) is 3. The number of piperidine rings is 1. The second kappa shape index (κ2) is 5.75. The first-order valence-electron chi connectivity index (χ1n) is 8.28. The highest BCUT2D eigenvalue weighted by Gasteiger charge is 2.29. The van der Waals surface area contributed by atoms with Gasteiger partial charge in [-0.3, -0.25) is 4.79 Å². The van der Waals surface area contributed by atoms with Gasteiger partial charge in [0.05, 0.1) is 17.4 Å². The third-order valence-corrected chi connectivity index (χ3v) is 4.81. The molecule has 4 nitrogen and oxygen atoms in total. The first kappa shape index (κ1) is 15.1. The van der Waals surface area contributed by atoms with Crippen LogP contribution in [0.4, 0.5) is 0 Å².